The van der Waals surface area contributed by atoms with Crippen molar-refractivity contribution in [2.45, 2.75) is 17.7 Å². The molecule has 1 N–H and O–H groups in total. The molecule has 2 rings (SSSR count). The maximum Gasteiger partial charge on any atom is 0.331 e. The van der Waals surface area contributed by atoms with E-state index in [1.165, 1.54) is 23.1 Å². The second-order valence-corrected chi connectivity index (χ2v) is 4.93. The van der Waals surface area contributed by atoms with Crippen LogP contribution in [0.1, 0.15) is 18.0 Å². The normalized spacial score (nSPS) is 21.1. The number of likely N-dealkylation sites (tertiary alicyclic amines) is 1. The van der Waals surface area contributed by atoms with Crippen LogP contribution < -0.4 is 0 Å². The van der Waals surface area contributed by atoms with E-state index in [9.17, 15) is 19.1 Å². The van der Waals surface area contributed by atoms with E-state index < -0.39 is 17.8 Å². The third kappa shape index (κ3) is 2.48. The van der Waals surface area contributed by atoms with Gasteiger partial charge in [0.2, 0.25) is 5.91 Å². The molecule has 1 aromatic carbocycles. The van der Waals surface area contributed by atoms with Crippen molar-refractivity contribution < 1.29 is 19.1 Å². The van der Waals surface area contributed by atoms with E-state index in [4.69, 9.17) is 0 Å². The summed E-state index contributed by atoms with van der Waals surface area (Å²) in [5, 5.41) is 9.07. The van der Waals surface area contributed by atoms with Gasteiger partial charge in [-0.2, -0.15) is 12.6 Å². The van der Waals surface area contributed by atoms with E-state index >= 15 is 0 Å². The van der Waals surface area contributed by atoms with Gasteiger partial charge in [0, 0.05) is 18.2 Å². The molecule has 2 unspecified atom stereocenters. The molecule has 0 spiro atoms. The number of amides is 1. The Morgan fingerprint density at radius 3 is 2.78 bits per heavy atom. The number of carbonyl (C=O) groups excluding carboxylic acids is 1. The molecule has 1 aliphatic heterocycles. The molecule has 1 heterocycles. The van der Waals surface area contributed by atoms with Crippen LogP contribution >= 0.6 is 12.6 Å². The Balaban J connectivity index is 2.35. The molecule has 1 aromatic rings. The fourth-order valence-electron chi connectivity index (χ4n) is 2.09. The first kappa shape index (κ1) is 12.9. The zero-order chi connectivity index (χ0) is 13.3. The SMILES string of the molecule is O=C(O)C(c1cccc(F)c1)N1CC(S)CC1=O. The average molecular weight is 269 g/mol. The summed E-state index contributed by atoms with van der Waals surface area (Å²) in [4.78, 5) is 24.2. The quantitative estimate of drug-likeness (QED) is 0.817. The molecule has 6 heteroatoms. The van der Waals surface area contributed by atoms with Gasteiger partial charge in [-0.1, -0.05) is 12.1 Å². The lowest BCUT2D eigenvalue weighted by Gasteiger charge is -2.24. The monoisotopic (exact) mass is 269 g/mol. The minimum absolute atomic E-state index is 0.173. The molecular formula is C12H12FNO3S. The van der Waals surface area contributed by atoms with Gasteiger partial charge in [-0.3, -0.25) is 4.79 Å². The second kappa shape index (κ2) is 4.97. The molecule has 0 aromatic heterocycles. The number of halogens is 1. The zero-order valence-corrected chi connectivity index (χ0v) is 10.3. The first-order valence-corrected chi connectivity index (χ1v) is 5.96. The average Bonchev–Trinajstić information content (AvgIpc) is 2.58. The van der Waals surface area contributed by atoms with Gasteiger partial charge in [-0.25, -0.2) is 9.18 Å². The smallest absolute Gasteiger partial charge is 0.331 e. The Labute approximate surface area is 109 Å². The molecule has 18 heavy (non-hydrogen) atoms. The van der Waals surface area contributed by atoms with Crippen LogP contribution in [0.2, 0.25) is 0 Å². The summed E-state index contributed by atoms with van der Waals surface area (Å²) < 4.78 is 13.1. The van der Waals surface area contributed by atoms with Crippen LogP contribution in [0.5, 0.6) is 0 Å². The number of hydrogen-bond donors (Lipinski definition) is 2. The molecule has 0 radical (unpaired) electrons. The molecule has 1 aliphatic rings. The number of rotatable bonds is 3. The number of benzene rings is 1. The third-order valence-corrected chi connectivity index (χ3v) is 3.19. The fraction of sp³-hybridized carbons (Fsp3) is 0.333. The molecule has 1 amide bonds. The minimum Gasteiger partial charge on any atom is -0.479 e. The maximum absolute atomic E-state index is 13.1. The standard InChI is InChI=1S/C12H12FNO3S/c13-8-3-1-2-7(4-8)11(12(16)17)14-6-9(18)5-10(14)15/h1-4,9,11,18H,5-6H2,(H,16,17). The summed E-state index contributed by atoms with van der Waals surface area (Å²) in [5.74, 6) is -1.96. The van der Waals surface area contributed by atoms with Crippen LogP contribution in [-0.2, 0) is 9.59 Å². The predicted octanol–water partition coefficient (Wildman–Crippen LogP) is 1.48. The highest BCUT2D eigenvalue weighted by Gasteiger charge is 2.37. The summed E-state index contributed by atoms with van der Waals surface area (Å²) in [7, 11) is 0. The van der Waals surface area contributed by atoms with Crippen molar-refractivity contribution in [1.82, 2.24) is 4.90 Å². The van der Waals surface area contributed by atoms with E-state index in [0.29, 0.717) is 0 Å². The van der Waals surface area contributed by atoms with E-state index in [1.807, 2.05) is 0 Å². The minimum atomic E-state index is -1.17. The van der Waals surface area contributed by atoms with Crippen LogP contribution in [0.3, 0.4) is 0 Å². The predicted molar refractivity (Wildman–Crippen MR) is 65.9 cm³/mol. The first-order valence-electron chi connectivity index (χ1n) is 5.45. The van der Waals surface area contributed by atoms with Gasteiger partial charge in [0.25, 0.3) is 0 Å². The van der Waals surface area contributed by atoms with E-state index in [0.717, 1.165) is 6.07 Å². The van der Waals surface area contributed by atoms with Crippen LogP contribution in [0.25, 0.3) is 0 Å². The molecular weight excluding hydrogens is 257 g/mol. The summed E-state index contributed by atoms with van der Waals surface area (Å²) in [6.45, 7) is 0.259. The number of nitrogens with zero attached hydrogens (tertiary/aromatic N) is 1. The Bertz CT molecular complexity index is 494. The summed E-state index contributed by atoms with van der Waals surface area (Å²) in [6.07, 6.45) is 0.211. The molecule has 2 atom stereocenters. The summed E-state index contributed by atoms with van der Waals surface area (Å²) in [6, 6.07) is 4.15. The highest BCUT2D eigenvalue weighted by atomic mass is 32.1. The second-order valence-electron chi connectivity index (χ2n) is 4.20. The molecule has 0 aliphatic carbocycles. The van der Waals surface area contributed by atoms with Crippen LogP contribution in [0.4, 0.5) is 4.39 Å². The van der Waals surface area contributed by atoms with Crippen LogP contribution in [0, 0.1) is 5.82 Å². The summed E-state index contributed by atoms with van der Waals surface area (Å²) in [5.41, 5.74) is 0.262. The molecule has 0 bridgehead atoms. The van der Waals surface area contributed by atoms with Crippen molar-refractivity contribution in [2.24, 2.45) is 0 Å². The van der Waals surface area contributed by atoms with Gasteiger partial charge in [-0.15, -0.1) is 0 Å². The van der Waals surface area contributed by atoms with Crippen LogP contribution in [-0.4, -0.2) is 33.7 Å². The maximum atomic E-state index is 13.1. The summed E-state index contributed by atoms with van der Waals surface area (Å²) >= 11 is 4.18. The Morgan fingerprint density at radius 1 is 1.56 bits per heavy atom. The van der Waals surface area contributed by atoms with Gasteiger partial charge >= 0.3 is 5.97 Å². The molecule has 4 nitrogen and oxygen atoms in total. The van der Waals surface area contributed by atoms with Crippen LogP contribution in [0.15, 0.2) is 24.3 Å². The number of hydrogen-bond acceptors (Lipinski definition) is 3. The Kier molecular flexibility index (Phi) is 3.56. The van der Waals surface area contributed by atoms with E-state index in [1.54, 1.807) is 0 Å². The van der Waals surface area contributed by atoms with Crippen molar-refractivity contribution in [1.29, 1.82) is 0 Å². The van der Waals surface area contributed by atoms with E-state index in [-0.39, 0.29) is 29.7 Å². The van der Waals surface area contributed by atoms with Crippen molar-refractivity contribution in [3.8, 4) is 0 Å². The van der Waals surface area contributed by atoms with Gasteiger partial charge in [-0.05, 0) is 17.7 Å². The highest BCUT2D eigenvalue weighted by Crippen LogP contribution is 2.28. The fourth-order valence-corrected chi connectivity index (χ4v) is 2.43. The van der Waals surface area contributed by atoms with Crippen molar-refractivity contribution in [3.63, 3.8) is 0 Å². The number of aliphatic carboxylic acids is 1. The Hall–Kier alpha value is -1.56. The lowest BCUT2D eigenvalue weighted by molar-refractivity contribution is -0.148. The third-order valence-electron chi connectivity index (χ3n) is 2.85. The lowest BCUT2D eigenvalue weighted by Crippen LogP contribution is -2.35. The first-order chi connectivity index (χ1) is 8.49. The molecule has 96 valence electrons. The largest absolute Gasteiger partial charge is 0.479 e. The molecule has 1 fully saturated rings. The van der Waals surface area contributed by atoms with Crippen molar-refractivity contribution in [3.05, 3.63) is 35.6 Å². The number of carbonyl (C=O) groups is 2. The molecule has 0 saturated carbocycles. The molecule has 1 saturated heterocycles. The highest BCUT2D eigenvalue weighted by molar-refractivity contribution is 7.81. The van der Waals surface area contributed by atoms with E-state index in [2.05, 4.69) is 12.6 Å². The van der Waals surface area contributed by atoms with Crippen molar-refractivity contribution >= 4 is 24.5 Å². The van der Waals surface area contributed by atoms with Gasteiger partial charge in [0.15, 0.2) is 6.04 Å². The Morgan fingerprint density at radius 2 is 2.28 bits per heavy atom. The van der Waals surface area contributed by atoms with Crippen molar-refractivity contribution in [2.75, 3.05) is 6.54 Å². The van der Waals surface area contributed by atoms with Gasteiger partial charge in [0.1, 0.15) is 5.82 Å². The van der Waals surface area contributed by atoms with Gasteiger partial charge < -0.3 is 10.0 Å². The van der Waals surface area contributed by atoms with Gasteiger partial charge in [0.05, 0.1) is 0 Å². The topological polar surface area (TPSA) is 57.6 Å². The lowest BCUT2D eigenvalue weighted by atomic mass is 10.1. The number of carboxylic acid groups (broad SMARTS) is 1. The number of carboxylic acids is 1. The number of thiol groups is 1. The zero-order valence-electron chi connectivity index (χ0n) is 9.41.